The second kappa shape index (κ2) is 7.20. The molecule has 0 unspecified atom stereocenters. The van der Waals surface area contributed by atoms with Crippen molar-refractivity contribution in [3.63, 3.8) is 0 Å². The molecule has 0 radical (unpaired) electrons. The van der Waals surface area contributed by atoms with E-state index in [2.05, 4.69) is 0 Å². The van der Waals surface area contributed by atoms with Crippen molar-refractivity contribution in [2.24, 2.45) is 0 Å². The number of rotatable bonds is 4. The smallest absolute Gasteiger partial charge is 0.303 e. The van der Waals surface area contributed by atoms with E-state index in [1.165, 1.54) is 46.6 Å². The van der Waals surface area contributed by atoms with E-state index in [1.54, 1.807) is 0 Å². The molecule has 10 heteroatoms. The highest BCUT2D eigenvalue weighted by molar-refractivity contribution is 5.75. The predicted octanol–water partition coefficient (Wildman–Crippen LogP) is -0.269. The highest BCUT2D eigenvalue weighted by Crippen LogP contribution is 2.46. The van der Waals surface area contributed by atoms with E-state index < -0.39 is 60.2 Å². The van der Waals surface area contributed by atoms with E-state index in [4.69, 9.17) is 23.7 Å². The summed E-state index contributed by atoms with van der Waals surface area (Å²) in [4.78, 5) is 48.4. The molecule has 2 heterocycles. The molecule has 6 atom stereocenters. The van der Waals surface area contributed by atoms with Crippen LogP contribution in [0.3, 0.4) is 0 Å². The van der Waals surface area contributed by atoms with Gasteiger partial charge in [0, 0.05) is 34.8 Å². The maximum absolute atomic E-state index is 12.3. The van der Waals surface area contributed by atoms with Gasteiger partial charge in [0.25, 0.3) is 0 Å². The van der Waals surface area contributed by atoms with Gasteiger partial charge in [-0.15, -0.1) is 0 Å². The molecule has 146 valence electrons. The molecule has 0 aromatic rings. The molecule has 2 bridgehead atoms. The number of esters is 3. The number of carbonyl (C=O) groups excluding carboxylic acids is 4. The lowest BCUT2D eigenvalue weighted by Gasteiger charge is -2.45. The molecular formula is C16H23NO9. The van der Waals surface area contributed by atoms with Crippen molar-refractivity contribution in [3.05, 3.63) is 0 Å². The number of carbonyl (C=O) groups is 4. The second-order valence-corrected chi connectivity index (χ2v) is 6.33. The van der Waals surface area contributed by atoms with Gasteiger partial charge < -0.3 is 23.7 Å². The van der Waals surface area contributed by atoms with Gasteiger partial charge in [-0.3, -0.25) is 24.1 Å². The van der Waals surface area contributed by atoms with Gasteiger partial charge in [-0.2, -0.15) is 0 Å². The molecule has 2 aliphatic heterocycles. The third kappa shape index (κ3) is 3.38. The Kier molecular flexibility index (Phi) is 5.57. The Labute approximate surface area is 150 Å². The lowest BCUT2D eigenvalue weighted by molar-refractivity contribution is -0.269. The third-order valence-corrected chi connectivity index (χ3v) is 4.34. The minimum Gasteiger partial charge on any atom is -0.455 e. The summed E-state index contributed by atoms with van der Waals surface area (Å²) < 4.78 is 27.3. The average Bonchev–Trinajstić information content (AvgIpc) is 2.77. The van der Waals surface area contributed by atoms with Crippen LogP contribution < -0.4 is 0 Å². The van der Waals surface area contributed by atoms with Crippen LogP contribution in [0.4, 0.5) is 0 Å². The first-order chi connectivity index (χ1) is 12.0. The van der Waals surface area contributed by atoms with Crippen LogP contribution in [-0.4, -0.2) is 72.2 Å². The molecule has 0 aliphatic carbocycles. The van der Waals surface area contributed by atoms with E-state index in [0.717, 1.165) is 0 Å². The average molecular weight is 373 g/mol. The van der Waals surface area contributed by atoms with Gasteiger partial charge in [-0.1, -0.05) is 0 Å². The summed E-state index contributed by atoms with van der Waals surface area (Å²) >= 11 is 0. The van der Waals surface area contributed by atoms with Crippen LogP contribution in [0.15, 0.2) is 0 Å². The summed E-state index contributed by atoms with van der Waals surface area (Å²) in [7, 11) is 1.36. The van der Waals surface area contributed by atoms with Crippen LogP contribution in [0, 0.1) is 0 Å². The number of methoxy groups -OCH3 is 1. The lowest BCUT2D eigenvalue weighted by Crippen LogP contribution is -2.65. The monoisotopic (exact) mass is 373 g/mol. The number of nitrogens with zero attached hydrogens (tertiary/aromatic N) is 1. The van der Waals surface area contributed by atoms with E-state index in [1.807, 2.05) is 0 Å². The number of hydrogen-bond donors (Lipinski definition) is 0. The Balaban J connectivity index is 2.59. The third-order valence-electron chi connectivity index (χ3n) is 4.34. The summed E-state index contributed by atoms with van der Waals surface area (Å²) in [6, 6.07) is 0. The number of amides is 1. The summed E-state index contributed by atoms with van der Waals surface area (Å²) in [5, 5.41) is 0. The number of hydrogen-bond acceptors (Lipinski definition) is 9. The maximum atomic E-state index is 12.3. The quantitative estimate of drug-likeness (QED) is 0.485. The van der Waals surface area contributed by atoms with Crippen molar-refractivity contribution in [3.8, 4) is 0 Å². The van der Waals surface area contributed by atoms with E-state index >= 15 is 0 Å². The first kappa shape index (κ1) is 20.1. The standard InChI is InChI=1S/C16H23NO9/c1-7(18)17-15(22-6)13-11(23-8(2)19)12(24-9(3)20)14(25-10(4)21)16(17,5)26-13/h11-15H,1-6H3/t11-,12-,13+,14-,15+,16-/m0/s1. The van der Waals surface area contributed by atoms with Crippen LogP contribution in [-0.2, 0) is 42.9 Å². The second-order valence-electron chi connectivity index (χ2n) is 6.33. The number of fused-ring (bicyclic) bond motifs is 2. The van der Waals surface area contributed by atoms with Gasteiger partial charge in [0.2, 0.25) is 5.91 Å². The summed E-state index contributed by atoms with van der Waals surface area (Å²) in [6.07, 6.45) is -5.41. The Morgan fingerprint density at radius 2 is 1.38 bits per heavy atom. The highest BCUT2D eigenvalue weighted by atomic mass is 16.7. The van der Waals surface area contributed by atoms with Gasteiger partial charge >= 0.3 is 17.9 Å². The predicted molar refractivity (Wildman–Crippen MR) is 83.3 cm³/mol. The molecule has 0 aromatic carbocycles. The van der Waals surface area contributed by atoms with Gasteiger partial charge in [0.1, 0.15) is 6.10 Å². The fourth-order valence-electron chi connectivity index (χ4n) is 3.62. The van der Waals surface area contributed by atoms with Crippen molar-refractivity contribution in [1.82, 2.24) is 4.90 Å². The lowest BCUT2D eigenvalue weighted by atomic mass is 9.93. The van der Waals surface area contributed by atoms with Crippen molar-refractivity contribution < 1.29 is 42.9 Å². The summed E-state index contributed by atoms with van der Waals surface area (Å²) in [5.74, 6) is -2.42. The Hall–Kier alpha value is -2.20. The molecule has 26 heavy (non-hydrogen) atoms. The normalized spacial score (nSPS) is 35.6. The van der Waals surface area contributed by atoms with Crippen molar-refractivity contribution >= 4 is 23.8 Å². The molecule has 0 N–H and O–H groups in total. The topological polar surface area (TPSA) is 118 Å². The molecule has 2 saturated heterocycles. The molecule has 0 aromatic heterocycles. The van der Waals surface area contributed by atoms with E-state index in [0.29, 0.717) is 0 Å². The summed E-state index contributed by atoms with van der Waals surface area (Å²) in [6.45, 7) is 6.34. The van der Waals surface area contributed by atoms with Crippen LogP contribution >= 0.6 is 0 Å². The minimum absolute atomic E-state index is 0.413. The molecular weight excluding hydrogens is 350 g/mol. The zero-order valence-corrected chi connectivity index (χ0v) is 15.5. The highest BCUT2D eigenvalue weighted by Gasteiger charge is 2.69. The fourth-order valence-corrected chi connectivity index (χ4v) is 3.62. The first-order valence-corrected chi connectivity index (χ1v) is 8.05. The van der Waals surface area contributed by atoms with Gasteiger partial charge in [-0.05, 0) is 6.92 Å². The van der Waals surface area contributed by atoms with Crippen molar-refractivity contribution in [1.29, 1.82) is 0 Å². The van der Waals surface area contributed by atoms with Crippen molar-refractivity contribution in [2.75, 3.05) is 7.11 Å². The van der Waals surface area contributed by atoms with E-state index in [9.17, 15) is 19.2 Å². The van der Waals surface area contributed by atoms with Crippen LogP contribution in [0.1, 0.15) is 34.6 Å². The van der Waals surface area contributed by atoms with Crippen molar-refractivity contribution in [2.45, 2.75) is 71.0 Å². The van der Waals surface area contributed by atoms with Gasteiger partial charge in [-0.25, -0.2) is 0 Å². The maximum Gasteiger partial charge on any atom is 0.303 e. The molecule has 0 saturated carbocycles. The van der Waals surface area contributed by atoms with E-state index in [-0.39, 0.29) is 0 Å². The number of likely N-dealkylation sites (tertiary alicyclic amines) is 1. The largest absolute Gasteiger partial charge is 0.455 e. The van der Waals surface area contributed by atoms with Crippen LogP contribution in [0.5, 0.6) is 0 Å². The SMILES string of the molecule is CO[C@@H]1[C@@H]2O[C@@](C)([C@@H](OC(C)=O)[C@@H](OC(C)=O)[C@@H]2OC(C)=O)N1C(C)=O. The Bertz CT molecular complexity index is 621. The van der Waals surface area contributed by atoms with Crippen LogP contribution in [0.25, 0.3) is 0 Å². The molecule has 0 spiro atoms. The molecule has 2 fully saturated rings. The zero-order valence-electron chi connectivity index (χ0n) is 15.5. The number of ether oxygens (including phenoxy) is 5. The first-order valence-electron chi connectivity index (χ1n) is 8.05. The fraction of sp³-hybridized carbons (Fsp3) is 0.750. The van der Waals surface area contributed by atoms with Crippen LogP contribution in [0.2, 0.25) is 0 Å². The molecule has 2 rings (SSSR count). The Morgan fingerprint density at radius 3 is 1.81 bits per heavy atom. The molecule has 10 nitrogen and oxygen atoms in total. The van der Waals surface area contributed by atoms with Gasteiger partial charge in [0.05, 0.1) is 0 Å². The Morgan fingerprint density at radius 1 is 0.885 bits per heavy atom. The molecule has 2 aliphatic rings. The van der Waals surface area contributed by atoms with Gasteiger partial charge in [0.15, 0.2) is 30.3 Å². The molecule has 1 amide bonds. The minimum atomic E-state index is -1.47. The zero-order chi connectivity index (χ0) is 19.8. The summed E-state index contributed by atoms with van der Waals surface area (Å²) in [5.41, 5.74) is -1.47.